The molecule has 0 unspecified atom stereocenters. The molecule has 1 aliphatic rings. The van der Waals surface area contributed by atoms with E-state index in [2.05, 4.69) is 36.4 Å². The van der Waals surface area contributed by atoms with Gasteiger partial charge < -0.3 is 9.47 Å². The van der Waals surface area contributed by atoms with Crippen molar-refractivity contribution in [1.29, 1.82) is 0 Å². The summed E-state index contributed by atoms with van der Waals surface area (Å²) in [6, 6.07) is 39.0. The molecule has 222 valence electrons. The molecular formula is C39H28Cl2O4. The van der Waals surface area contributed by atoms with Gasteiger partial charge in [-0.05, 0) is 68.1 Å². The van der Waals surface area contributed by atoms with Crippen molar-refractivity contribution in [2.45, 2.75) is 17.2 Å². The van der Waals surface area contributed by atoms with E-state index in [9.17, 15) is 9.59 Å². The van der Waals surface area contributed by atoms with E-state index in [1.807, 2.05) is 60.7 Å². The number of hydrogen-bond donors (Lipinski definition) is 0. The maximum Gasteiger partial charge on any atom is 0.338 e. The fourth-order valence-electron chi connectivity index (χ4n) is 6.17. The van der Waals surface area contributed by atoms with Crippen LogP contribution in [0, 0.1) is 0 Å². The third-order valence-corrected chi connectivity index (χ3v) is 9.26. The van der Waals surface area contributed by atoms with Crippen LogP contribution in [0.5, 0.6) is 0 Å². The van der Waals surface area contributed by atoms with Gasteiger partial charge in [0.05, 0.1) is 24.3 Å². The fraction of sp³-hybridized carbons (Fsp3) is 0.128. The lowest BCUT2D eigenvalue weighted by Gasteiger charge is -2.17. The number of hydrogen-bond acceptors (Lipinski definition) is 4. The monoisotopic (exact) mass is 630 g/mol. The van der Waals surface area contributed by atoms with Crippen LogP contribution in [-0.4, -0.2) is 25.2 Å². The van der Waals surface area contributed by atoms with Crippen LogP contribution in [0.25, 0.3) is 32.7 Å². The number of ether oxygens (including phenoxy) is 2. The summed E-state index contributed by atoms with van der Waals surface area (Å²) in [4.78, 5) is 26.1. The van der Waals surface area contributed by atoms with E-state index in [0.29, 0.717) is 35.1 Å². The molecule has 0 saturated heterocycles. The van der Waals surface area contributed by atoms with Crippen LogP contribution in [0.3, 0.4) is 0 Å². The molecule has 0 bridgehead atoms. The largest absolute Gasteiger partial charge is 0.462 e. The lowest BCUT2D eigenvalue weighted by molar-refractivity contribution is 0.0500. The predicted molar refractivity (Wildman–Crippen MR) is 180 cm³/mol. The molecule has 0 saturated carbocycles. The first-order chi connectivity index (χ1) is 21.9. The number of esters is 2. The first kappa shape index (κ1) is 29.1. The maximum absolute atomic E-state index is 13.0. The first-order valence-corrected chi connectivity index (χ1v) is 15.6. The lowest BCUT2D eigenvalue weighted by Crippen LogP contribution is -2.13. The van der Waals surface area contributed by atoms with Crippen LogP contribution in [-0.2, 0) is 26.6 Å². The molecule has 4 nitrogen and oxygen atoms in total. The van der Waals surface area contributed by atoms with Gasteiger partial charge in [0.1, 0.15) is 0 Å². The van der Waals surface area contributed by atoms with Gasteiger partial charge in [-0.2, -0.15) is 0 Å². The number of alkyl halides is 2. The number of carbonyl (C=O) groups excluding carboxylic acids is 2. The molecule has 1 aliphatic carbocycles. The van der Waals surface area contributed by atoms with Crippen LogP contribution >= 0.6 is 23.2 Å². The minimum absolute atomic E-state index is 0.239. The lowest BCUT2D eigenvalue weighted by atomic mass is 10.0. The number of carbonyl (C=O) groups is 2. The third-order valence-electron chi connectivity index (χ3n) is 8.45. The van der Waals surface area contributed by atoms with Crippen molar-refractivity contribution in [1.82, 2.24) is 0 Å². The normalized spacial score (nSPS) is 12.9. The second kappa shape index (κ2) is 12.0. The summed E-state index contributed by atoms with van der Waals surface area (Å²) in [6.07, 6.45) is 1.19. The number of benzene rings is 6. The van der Waals surface area contributed by atoms with Gasteiger partial charge in [0.2, 0.25) is 0 Å². The highest BCUT2D eigenvalue weighted by atomic mass is 35.5. The molecule has 6 heteroatoms. The van der Waals surface area contributed by atoms with Gasteiger partial charge in [-0.3, -0.25) is 0 Å². The van der Waals surface area contributed by atoms with Crippen molar-refractivity contribution in [2.75, 3.05) is 13.2 Å². The topological polar surface area (TPSA) is 52.6 Å². The summed E-state index contributed by atoms with van der Waals surface area (Å²) in [5.41, 5.74) is 5.71. The molecule has 0 aliphatic heterocycles. The van der Waals surface area contributed by atoms with Gasteiger partial charge in [-0.1, -0.05) is 120 Å². The highest BCUT2D eigenvalue weighted by Crippen LogP contribution is 2.54. The van der Waals surface area contributed by atoms with Crippen LogP contribution in [0.2, 0.25) is 0 Å². The van der Waals surface area contributed by atoms with E-state index in [0.717, 1.165) is 43.8 Å². The molecule has 0 spiro atoms. The summed E-state index contributed by atoms with van der Waals surface area (Å²) in [5.74, 6) is -0.901. The van der Waals surface area contributed by atoms with Gasteiger partial charge in [0, 0.05) is 24.0 Å². The van der Waals surface area contributed by atoms with Crippen LogP contribution < -0.4 is 0 Å². The highest BCUT2D eigenvalue weighted by molar-refractivity contribution is 6.51. The molecule has 0 amide bonds. The zero-order chi connectivity index (χ0) is 31.0. The smallest absolute Gasteiger partial charge is 0.338 e. The van der Waals surface area contributed by atoms with E-state index in [1.54, 1.807) is 24.3 Å². The van der Waals surface area contributed by atoms with E-state index in [-0.39, 0.29) is 13.2 Å². The highest BCUT2D eigenvalue weighted by Gasteiger charge is 2.41. The molecule has 45 heavy (non-hydrogen) atoms. The van der Waals surface area contributed by atoms with E-state index in [4.69, 9.17) is 32.7 Å². The SMILES string of the molecule is O=C(OCCc1cccc2ccccc12)c1ccc2c(c1)C(Cl)(Cl)c1cc(C(=O)OCCc3cccc4ccccc34)ccc1-2. The molecule has 7 rings (SSSR count). The number of halogens is 2. The molecule has 0 radical (unpaired) electrons. The molecule has 0 N–H and O–H groups in total. The van der Waals surface area contributed by atoms with Crippen LogP contribution in [0.15, 0.2) is 121 Å². The van der Waals surface area contributed by atoms with Crippen LogP contribution in [0.1, 0.15) is 43.0 Å². The van der Waals surface area contributed by atoms with Gasteiger partial charge in [-0.15, -0.1) is 0 Å². The van der Waals surface area contributed by atoms with Crippen molar-refractivity contribution in [3.8, 4) is 11.1 Å². The van der Waals surface area contributed by atoms with Crippen LogP contribution in [0.4, 0.5) is 0 Å². The maximum atomic E-state index is 13.0. The number of fused-ring (bicyclic) bond motifs is 5. The molecule has 0 fully saturated rings. The Balaban J connectivity index is 1.02. The van der Waals surface area contributed by atoms with Crippen molar-refractivity contribution in [2.24, 2.45) is 0 Å². The Labute approximate surface area is 271 Å². The van der Waals surface area contributed by atoms with Crippen molar-refractivity contribution < 1.29 is 19.1 Å². The summed E-state index contributed by atoms with van der Waals surface area (Å²) in [7, 11) is 0. The average Bonchev–Trinajstić information content (AvgIpc) is 3.30. The zero-order valence-electron chi connectivity index (χ0n) is 24.3. The fourth-order valence-corrected chi connectivity index (χ4v) is 6.80. The molecule has 6 aromatic rings. The van der Waals surface area contributed by atoms with Gasteiger partial charge >= 0.3 is 11.9 Å². The van der Waals surface area contributed by atoms with Crippen molar-refractivity contribution in [3.63, 3.8) is 0 Å². The Bertz CT molecular complexity index is 1940. The van der Waals surface area contributed by atoms with E-state index in [1.165, 1.54) is 0 Å². The predicted octanol–water partition coefficient (Wildman–Crippen LogP) is 9.45. The standard InChI is InChI=1S/C39H28Cl2O4/c40-39(41)35-23-29(37(42)44-21-19-27-11-5-9-25-7-1-3-13-31(25)27)15-17-33(35)34-18-16-30(24-36(34)39)38(43)45-22-20-28-12-6-10-26-8-2-4-14-32(26)28/h1-18,23-24H,19-22H2. The van der Waals surface area contributed by atoms with Gasteiger partial charge in [0.15, 0.2) is 4.33 Å². The Morgan fingerprint density at radius 3 is 1.42 bits per heavy atom. The summed E-state index contributed by atoms with van der Waals surface area (Å²) in [5, 5.41) is 4.59. The second-order valence-corrected chi connectivity index (χ2v) is 12.5. The summed E-state index contributed by atoms with van der Waals surface area (Å²) < 4.78 is 9.83. The molecular weight excluding hydrogens is 603 g/mol. The van der Waals surface area contributed by atoms with Crippen molar-refractivity contribution >= 4 is 56.7 Å². The third kappa shape index (κ3) is 5.56. The van der Waals surface area contributed by atoms with Crippen molar-refractivity contribution in [3.05, 3.63) is 155 Å². The molecule has 0 heterocycles. The summed E-state index contributed by atoms with van der Waals surface area (Å²) >= 11 is 13.8. The number of rotatable bonds is 8. The van der Waals surface area contributed by atoms with Gasteiger partial charge in [-0.25, -0.2) is 9.59 Å². The van der Waals surface area contributed by atoms with Gasteiger partial charge in [0.25, 0.3) is 0 Å². The Hall–Kier alpha value is -4.64. The second-order valence-electron chi connectivity index (χ2n) is 11.1. The zero-order valence-corrected chi connectivity index (χ0v) is 25.8. The minimum atomic E-state index is -1.46. The molecule has 6 aromatic carbocycles. The average molecular weight is 632 g/mol. The Morgan fingerprint density at radius 1 is 0.533 bits per heavy atom. The van der Waals surface area contributed by atoms with E-state index >= 15 is 0 Å². The molecule has 0 atom stereocenters. The first-order valence-electron chi connectivity index (χ1n) is 14.8. The minimum Gasteiger partial charge on any atom is -0.462 e. The Morgan fingerprint density at radius 2 is 0.956 bits per heavy atom. The van der Waals surface area contributed by atoms with E-state index < -0.39 is 16.3 Å². The molecule has 0 aromatic heterocycles. The summed E-state index contributed by atoms with van der Waals surface area (Å²) in [6.45, 7) is 0.478. The quantitative estimate of drug-likeness (QED) is 0.124. The Kier molecular flexibility index (Phi) is 7.78.